The summed E-state index contributed by atoms with van der Waals surface area (Å²) in [5.41, 5.74) is 1.61. The number of hydrogen-bond donors (Lipinski definition) is 2. The van der Waals surface area contributed by atoms with Gasteiger partial charge in [-0.3, -0.25) is 4.79 Å². The van der Waals surface area contributed by atoms with E-state index in [0.717, 1.165) is 17.1 Å². The van der Waals surface area contributed by atoms with Crippen LogP contribution in [0, 0.1) is 0 Å². The molecular weight excluding hydrogens is 370 g/mol. The van der Waals surface area contributed by atoms with Crippen LogP contribution < -0.4 is 24.8 Å². The summed E-state index contributed by atoms with van der Waals surface area (Å²) < 4.78 is 16.1. The van der Waals surface area contributed by atoms with E-state index in [-0.39, 0.29) is 12.3 Å². The van der Waals surface area contributed by atoms with Crippen LogP contribution in [0.4, 0.5) is 17.2 Å². The largest absolute Gasteiger partial charge is 0.493 e. The minimum absolute atomic E-state index is 0.158. The number of rotatable bonds is 9. The van der Waals surface area contributed by atoms with Crippen molar-refractivity contribution in [3.63, 3.8) is 0 Å². The highest BCUT2D eigenvalue weighted by atomic mass is 16.5. The quantitative estimate of drug-likeness (QED) is 0.566. The zero-order chi connectivity index (χ0) is 20.5. The third-order valence-electron chi connectivity index (χ3n) is 4.04. The summed E-state index contributed by atoms with van der Waals surface area (Å²) in [6, 6.07) is 18.5. The third-order valence-corrected chi connectivity index (χ3v) is 4.04. The lowest BCUT2D eigenvalue weighted by atomic mass is 10.2. The fourth-order valence-electron chi connectivity index (χ4n) is 2.61. The molecule has 0 aliphatic rings. The molecule has 7 heteroatoms. The summed E-state index contributed by atoms with van der Waals surface area (Å²) >= 11 is 0. The molecule has 150 valence electrons. The Labute approximate surface area is 169 Å². The number of carbonyl (C=O) groups is 1. The van der Waals surface area contributed by atoms with Gasteiger partial charge >= 0.3 is 0 Å². The summed E-state index contributed by atoms with van der Waals surface area (Å²) in [5.74, 6) is 2.35. The van der Waals surface area contributed by atoms with Gasteiger partial charge in [0.1, 0.15) is 11.6 Å². The highest BCUT2D eigenvalue weighted by molar-refractivity contribution is 5.89. The van der Waals surface area contributed by atoms with Gasteiger partial charge in [-0.05, 0) is 36.4 Å². The first-order chi connectivity index (χ1) is 14.2. The molecule has 1 amide bonds. The number of aromatic nitrogens is 1. The summed E-state index contributed by atoms with van der Waals surface area (Å²) in [6.45, 7) is 0.300. The molecule has 0 bridgehead atoms. The maximum atomic E-state index is 12.0. The van der Waals surface area contributed by atoms with Gasteiger partial charge in [0.25, 0.3) is 0 Å². The molecule has 0 unspecified atom stereocenters. The summed E-state index contributed by atoms with van der Waals surface area (Å²) in [6.07, 6.45) is 1.88. The molecule has 29 heavy (non-hydrogen) atoms. The van der Waals surface area contributed by atoms with Gasteiger partial charge in [0.2, 0.25) is 5.91 Å². The van der Waals surface area contributed by atoms with Crippen molar-refractivity contribution in [1.29, 1.82) is 0 Å². The second-order valence-corrected chi connectivity index (χ2v) is 6.09. The van der Waals surface area contributed by atoms with Crippen molar-refractivity contribution in [1.82, 2.24) is 4.98 Å². The molecule has 1 aromatic heterocycles. The zero-order valence-corrected chi connectivity index (χ0v) is 16.3. The Morgan fingerprint density at radius 1 is 0.931 bits per heavy atom. The maximum absolute atomic E-state index is 12.0. The van der Waals surface area contributed by atoms with Crippen LogP contribution in [-0.2, 0) is 4.79 Å². The highest BCUT2D eigenvalue weighted by Crippen LogP contribution is 2.31. The Balaban J connectivity index is 1.50. The van der Waals surface area contributed by atoms with Gasteiger partial charge < -0.3 is 24.8 Å². The van der Waals surface area contributed by atoms with E-state index in [1.54, 1.807) is 26.5 Å². The van der Waals surface area contributed by atoms with Gasteiger partial charge in [-0.15, -0.1) is 0 Å². The highest BCUT2D eigenvalue weighted by Gasteiger charge is 2.06. The number of pyridine rings is 1. The van der Waals surface area contributed by atoms with E-state index in [2.05, 4.69) is 15.6 Å². The van der Waals surface area contributed by atoms with E-state index in [9.17, 15) is 4.79 Å². The van der Waals surface area contributed by atoms with E-state index in [1.165, 1.54) is 0 Å². The molecule has 0 atom stereocenters. The fraction of sp³-hybridized carbons (Fsp3) is 0.182. The molecule has 3 aromatic rings. The Bertz CT molecular complexity index is 931. The predicted octanol–water partition coefficient (Wildman–Crippen LogP) is 4.25. The second kappa shape index (κ2) is 9.98. The van der Waals surface area contributed by atoms with Crippen molar-refractivity contribution >= 4 is 23.1 Å². The molecule has 0 aliphatic carbocycles. The van der Waals surface area contributed by atoms with E-state index < -0.39 is 0 Å². The number of para-hydroxylation sites is 1. The van der Waals surface area contributed by atoms with Crippen LogP contribution in [0.1, 0.15) is 6.42 Å². The van der Waals surface area contributed by atoms with Gasteiger partial charge in [0.05, 0.1) is 39.1 Å². The molecule has 7 nitrogen and oxygen atoms in total. The van der Waals surface area contributed by atoms with Crippen LogP contribution >= 0.6 is 0 Å². The fourth-order valence-corrected chi connectivity index (χ4v) is 2.61. The predicted molar refractivity (Wildman–Crippen MR) is 112 cm³/mol. The number of anilines is 3. The van der Waals surface area contributed by atoms with Crippen molar-refractivity contribution in [2.75, 3.05) is 31.5 Å². The van der Waals surface area contributed by atoms with Crippen molar-refractivity contribution in [3.8, 4) is 17.2 Å². The first-order valence-corrected chi connectivity index (χ1v) is 9.11. The molecule has 0 aliphatic heterocycles. The normalized spacial score (nSPS) is 10.1. The molecule has 0 saturated heterocycles. The van der Waals surface area contributed by atoms with Crippen molar-refractivity contribution in [3.05, 3.63) is 66.9 Å². The zero-order valence-electron chi connectivity index (χ0n) is 16.3. The number of nitrogens with zero attached hydrogens (tertiary/aromatic N) is 1. The molecule has 0 saturated carbocycles. The number of ether oxygens (including phenoxy) is 3. The Morgan fingerprint density at radius 3 is 2.38 bits per heavy atom. The molecule has 1 heterocycles. The Kier molecular flexibility index (Phi) is 6.89. The summed E-state index contributed by atoms with van der Waals surface area (Å²) in [7, 11) is 3.18. The number of benzene rings is 2. The summed E-state index contributed by atoms with van der Waals surface area (Å²) in [4.78, 5) is 16.3. The SMILES string of the molecule is COc1ccc(Nc2ccc(NC(=O)CCOc3ccccc3)nc2)cc1OC. The van der Waals surface area contributed by atoms with Crippen molar-refractivity contribution in [2.24, 2.45) is 0 Å². The standard InChI is InChI=1S/C22H23N3O4/c1-27-19-10-8-16(14-20(19)28-2)24-17-9-11-21(23-15-17)25-22(26)12-13-29-18-6-4-3-5-7-18/h3-11,14-15,24H,12-13H2,1-2H3,(H,23,25,26). The van der Waals surface area contributed by atoms with Gasteiger partial charge in [0, 0.05) is 11.8 Å². The molecule has 2 aromatic carbocycles. The minimum atomic E-state index is -0.158. The van der Waals surface area contributed by atoms with Gasteiger partial charge in [-0.1, -0.05) is 18.2 Å². The number of amides is 1. The topological polar surface area (TPSA) is 81.7 Å². The summed E-state index contributed by atoms with van der Waals surface area (Å²) in [5, 5.41) is 5.99. The molecule has 0 radical (unpaired) electrons. The maximum Gasteiger partial charge on any atom is 0.228 e. The Hall–Kier alpha value is -3.74. The van der Waals surface area contributed by atoms with Crippen molar-refractivity contribution in [2.45, 2.75) is 6.42 Å². The third kappa shape index (κ3) is 5.87. The number of carbonyl (C=O) groups excluding carboxylic acids is 1. The van der Waals surface area contributed by atoms with Gasteiger partial charge in [-0.25, -0.2) is 4.98 Å². The van der Waals surface area contributed by atoms with Crippen molar-refractivity contribution < 1.29 is 19.0 Å². The van der Waals surface area contributed by atoms with Crippen LogP contribution in [-0.4, -0.2) is 31.7 Å². The Morgan fingerprint density at radius 2 is 1.69 bits per heavy atom. The first kappa shape index (κ1) is 20.0. The van der Waals surface area contributed by atoms with Crippen LogP contribution in [0.15, 0.2) is 66.9 Å². The van der Waals surface area contributed by atoms with Crippen LogP contribution in [0.2, 0.25) is 0 Å². The van der Waals surface area contributed by atoms with E-state index >= 15 is 0 Å². The average molecular weight is 393 g/mol. The molecule has 0 fully saturated rings. The molecule has 2 N–H and O–H groups in total. The monoisotopic (exact) mass is 393 g/mol. The van der Waals surface area contributed by atoms with Gasteiger partial charge in [0.15, 0.2) is 11.5 Å². The smallest absolute Gasteiger partial charge is 0.228 e. The van der Waals surface area contributed by atoms with Gasteiger partial charge in [-0.2, -0.15) is 0 Å². The van der Waals surface area contributed by atoms with E-state index in [0.29, 0.717) is 23.9 Å². The lowest BCUT2D eigenvalue weighted by Gasteiger charge is -2.11. The minimum Gasteiger partial charge on any atom is -0.493 e. The first-order valence-electron chi connectivity index (χ1n) is 9.11. The van der Waals surface area contributed by atoms with E-state index in [1.807, 2.05) is 54.6 Å². The number of nitrogens with one attached hydrogen (secondary N) is 2. The lowest BCUT2D eigenvalue weighted by molar-refractivity contribution is -0.116. The van der Waals surface area contributed by atoms with Crippen LogP contribution in [0.5, 0.6) is 17.2 Å². The number of hydrogen-bond acceptors (Lipinski definition) is 6. The average Bonchev–Trinajstić information content (AvgIpc) is 2.76. The van der Waals surface area contributed by atoms with E-state index in [4.69, 9.17) is 14.2 Å². The molecule has 3 rings (SSSR count). The number of methoxy groups -OCH3 is 2. The molecule has 0 spiro atoms. The molecular formula is C22H23N3O4. The van der Waals surface area contributed by atoms with Crippen LogP contribution in [0.3, 0.4) is 0 Å². The second-order valence-electron chi connectivity index (χ2n) is 6.09. The lowest BCUT2D eigenvalue weighted by Crippen LogP contribution is -2.15. The van der Waals surface area contributed by atoms with Crippen LogP contribution in [0.25, 0.3) is 0 Å².